The van der Waals surface area contributed by atoms with Crippen molar-refractivity contribution in [1.82, 2.24) is 19.7 Å². The maximum absolute atomic E-state index is 12.4. The van der Waals surface area contributed by atoms with E-state index in [1.165, 1.54) is 23.1 Å². The molecule has 0 aliphatic rings. The van der Waals surface area contributed by atoms with Crippen LogP contribution in [0.3, 0.4) is 0 Å². The number of aromatic nitrogens is 4. The number of hydrogen-bond acceptors (Lipinski definition) is 7. The van der Waals surface area contributed by atoms with Gasteiger partial charge in [0, 0.05) is 31.0 Å². The minimum absolute atomic E-state index is 0.0810. The summed E-state index contributed by atoms with van der Waals surface area (Å²) in [5, 5.41) is 16.8. The van der Waals surface area contributed by atoms with E-state index in [0.717, 1.165) is 16.9 Å². The van der Waals surface area contributed by atoms with E-state index in [1.807, 2.05) is 62.0 Å². The summed E-state index contributed by atoms with van der Waals surface area (Å²) < 4.78 is 1.82. The maximum atomic E-state index is 12.4. The van der Waals surface area contributed by atoms with E-state index in [9.17, 15) is 9.59 Å². The smallest absolute Gasteiger partial charge is 0.239 e. The molecular weight excluding hydrogens is 420 g/mol. The van der Waals surface area contributed by atoms with Crippen molar-refractivity contribution in [3.05, 3.63) is 46.7 Å². The molecule has 0 fully saturated rings. The molecule has 10 heteroatoms. The molecule has 8 nitrogen and oxygen atoms in total. The third-order valence-electron chi connectivity index (χ3n) is 4.34. The lowest BCUT2D eigenvalue weighted by Gasteiger charge is -2.10. The van der Waals surface area contributed by atoms with Gasteiger partial charge in [-0.15, -0.1) is 21.5 Å². The highest BCUT2D eigenvalue weighted by Gasteiger charge is 2.20. The molecule has 0 spiro atoms. The van der Waals surface area contributed by atoms with Crippen LogP contribution in [0.2, 0.25) is 0 Å². The van der Waals surface area contributed by atoms with Gasteiger partial charge in [-0.2, -0.15) is 0 Å². The lowest BCUT2D eigenvalue weighted by molar-refractivity contribution is -0.116. The SMILES string of the molecule is Cc1ccc(NC(=O)CCc2nnc(SC(C)C(=O)Nc3nc(C)cs3)n2C)cc1. The topological polar surface area (TPSA) is 102 Å². The monoisotopic (exact) mass is 444 g/mol. The molecule has 1 aromatic carbocycles. The van der Waals surface area contributed by atoms with Crippen LogP contribution < -0.4 is 10.6 Å². The Balaban J connectivity index is 1.51. The van der Waals surface area contributed by atoms with Gasteiger partial charge in [0.1, 0.15) is 5.82 Å². The summed E-state index contributed by atoms with van der Waals surface area (Å²) >= 11 is 2.71. The highest BCUT2D eigenvalue weighted by Crippen LogP contribution is 2.24. The van der Waals surface area contributed by atoms with Gasteiger partial charge in [0.25, 0.3) is 0 Å². The van der Waals surface area contributed by atoms with E-state index in [2.05, 4.69) is 25.8 Å². The molecule has 3 rings (SSSR count). The fourth-order valence-corrected chi connectivity index (χ4v) is 4.11. The zero-order chi connectivity index (χ0) is 21.7. The molecule has 2 amide bonds. The van der Waals surface area contributed by atoms with Crippen LogP contribution >= 0.6 is 23.1 Å². The molecule has 2 N–H and O–H groups in total. The summed E-state index contributed by atoms with van der Waals surface area (Å²) in [6, 6.07) is 7.66. The van der Waals surface area contributed by atoms with Gasteiger partial charge >= 0.3 is 0 Å². The summed E-state index contributed by atoms with van der Waals surface area (Å²) in [5.41, 5.74) is 2.79. The number of rotatable bonds is 8. The molecule has 30 heavy (non-hydrogen) atoms. The van der Waals surface area contributed by atoms with Gasteiger partial charge in [-0.3, -0.25) is 9.59 Å². The Morgan fingerprint density at radius 1 is 1.17 bits per heavy atom. The van der Waals surface area contributed by atoms with E-state index < -0.39 is 0 Å². The summed E-state index contributed by atoms with van der Waals surface area (Å²) in [6.45, 7) is 5.69. The van der Waals surface area contributed by atoms with Crippen LogP contribution in [0.1, 0.15) is 30.4 Å². The van der Waals surface area contributed by atoms with Crippen molar-refractivity contribution >= 4 is 45.7 Å². The molecular formula is C20H24N6O2S2. The number of anilines is 2. The number of thiazole rings is 1. The lowest BCUT2D eigenvalue weighted by Crippen LogP contribution is -2.22. The molecule has 2 heterocycles. The zero-order valence-electron chi connectivity index (χ0n) is 17.3. The molecule has 0 bridgehead atoms. The van der Waals surface area contributed by atoms with E-state index >= 15 is 0 Å². The third-order valence-corrected chi connectivity index (χ3v) is 6.35. The minimum atomic E-state index is -0.366. The van der Waals surface area contributed by atoms with Crippen molar-refractivity contribution in [3.63, 3.8) is 0 Å². The molecule has 0 radical (unpaired) electrons. The Hall–Kier alpha value is -2.72. The Labute approximate surface area is 183 Å². The fourth-order valence-electron chi connectivity index (χ4n) is 2.58. The Morgan fingerprint density at radius 2 is 1.90 bits per heavy atom. The Bertz CT molecular complexity index is 1030. The number of hydrogen-bond donors (Lipinski definition) is 2. The van der Waals surface area contributed by atoms with Crippen molar-refractivity contribution in [2.24, 2.45) is 7.05 Å². The van der Waals surface area contributed by atoms with Crippen molar-refractivity contribution < 1.29 is 9.59 Å². The standard InChI is InChI=1S/C20H24N6O2S2/c1-12-5-7-15(8-6-12)22-17(27)10-9-16-24-25-20(26(16)4)30-14(3)18(28)23-19-21-13(2)11-29-19/h5-8,11,14H,9-10H2,1-4H3,(H,22,27)(H,21,23,28). The molecule has 2 aromatic heterocycles. The number of thioether (sulfide) groups is 1. The second kappa shape index (κ2) is 9.86. The first-order valence-electron chi connectivity index (χ1n) is 9.46. The molecule has 3 aromatic rings. The van der Waals surface area contributed by atoms with E-state index in [0.29, 0.717) is 29.0 Å². The van der Waals surface area contributed by atoms with Crippen molar-refractivity contribution in [2.45, 2.75) is 44.0 Å². The first-order chi connectivity index (χ1) is 14.3. The third kappa shape index (κ3) is 5.90. The molecule has 1 unspecified atom stereocenters. The van der Waals surface area contributed by atoms with Gasteiger partial charge in [0.15, 0.2) is 10.3 Å². The van der Waals surface area contributed by atoms with Crippen LogP contribution in [0, 0.1) is 13.8 Å². The van der Waals surface area contributed by atoms with Gasteiger partial charge in [-0.05, 0) is 32.9 Å². The number of nitrogens with zero attached hydrogens (tertiary/aromatic N) is 4. The summed E-state index contributed by atoms with van der Waals surface area (Å²) in [4.78, 5) is 28.8. The number of aryl methyl sites for hydroxylation is 3. The van der Waals surface area contributed by atoms with Gasteiger partial charge in [0.05, 0.1) is 10.9 Å². The van der Waals surface area contributed by atoms with Crippen LogP contribution in [0.5, 0.6) is 0 Å². The van der Waals surface area contributed by atoms with Crippen molar-refractivity contribution in [2.75, 3.05) is 10.6 Å². The first kappa shape index (κ1) is 22.0. The van der Waals surface area contributed by atoms with E-state index in [-0.39, 0.29) is 17.1 Å². The first-order valence-corrected chi connectivity index (χ1v) is 11.2. The van der Waals surface area contributed by atoms with Crippen LogP contribution in [-0.4, -0.2) is 36.8 Å². The highest BCUT2D eigenvalue weighted by molar-refractivity contribution is 8.00. The zero-order valence-corrected chi connectivity index (χ0v) is 18.9. The fraction of sp³-hybridized carbons (Fsp3) is 0.350. The van der Waals surface area contributed by atoms with E-state index in [4.69, 9.17) is 0 Å². The lowest BCUT2D eigenvalue weighted by atomic mass is 10.2. The van der Waals surface area contributed by atoms with Crippen LogP contribution in [-0.2, 0) is 23.1 Å². The van der Waals surface area contributed by atoms with Crippen LogP contribution in [0.4, 0.5) is 10.8 Å². The predicted molar refractivity (Wildman–Crippen MR) is 120 cm³/mol. The van der Waals surface area contributed by atoms with Gasteiger partial charge in [-0.1, -0.05) is 29.5 Å². The average Bonchev–Trinajstić information content (AvgIpc) is 3.27. The number of carbonyl (C=O) groups is 2. The van der Waals surface area contributed by atoms with E-state index in [1.54, 1.807) is 0 Å². The summed E-state index contributed by atoms with van der Waals surface area (Å²) in [7, 11) is 1.84. The van der Waals surface area contributed by atoms with Gasteiger partial charge in [0.2, 0.25) is 11.8 Å². The number of benzene rings is 1. The largest absolute Gasteiger partial charge is 0.326 e. The maximum Gasteiger partial charge on any atom is 0.239 e. The molecule has 0 saturated carbocycles. The van der Waals surface area contributed by atoms with Crippen LogP contribution in [0.25, 0.3) is 0 Å². The number of nitrogens with one attached hydrogen (secondary N) is 2. The second-order valence-corrected chi connectivity index (χ2v) is 9.08. The molecule has 0 saturated heterocycles. The number of amides is 2. The highest BCUT2D eigenvalue weighted by atomic mass is 32.2. The Kier molecular flexibility index (Phi) is 7.22. The molecule has 0 aliphatic carbocycles. The molecule has 0 aliphatic heterocycles. The van der Waals surface area contributed by atoms with Crippen molar-refractivity contribution in [3.8, 4) is 0 Å². The minimum Gasteiger partial charge on any atom is -0.326 e. The predicted octanol–water partition coefficient (Wildman–Crippen LogP) is 3.58. The molecule has 1 atom stereocenters. The second-order valence-electron chi connectivity index (χ2n) is 6.92. The van der Waals surface area contributed by atoms with Gasteiger partial charge < -0.3 is 15.2 Å². The number of carbonyl (C=O) groups excluding carboxylic acids is 2. The quantitative estimate of drug-likeness (QED) is 0.515. The molecule has 158 valence electrons. The summed E-state index contributed by atoms with van der Waals surface area (Å²) in [5.74, 6) is 0.471. The average molecular weight is 445 g/mol. The van der Waals surface area contributed by atoms with Crippen LogP contribution in [0.15, 0.2) is 34.8 Å². The van der Waals surface area contributed by atoms with Gasteiger partial charge in [-0.25, -0.2) is 4.98 Å². The normalized spacial score (nSPS) is 11.9. The summed E-state index contributed by atoms with van der Waals surface area (Å²) in [6.07, 6.45) is 0.755. The van der Waals surface area contributed by atoms with Crippen molar-refractivity contribution in [1.29, 1.82) is 0 Å². The Morgan fingerprint density at radius 3 is 2.57 bits per heavy atom.